The fourth-order valence-corrected chi connectivity index (χ4v) is 6.77. The van der Waals surface area contributed by atoms with E-state index in [0.717, 1.165) is 11.1 Å². The van der Waals surface area contributed by atoms with Gasteiger partial charge in [-0.1, -0.05) is 47.2 Å². The summed E-state index contributed by atoms with van der Waals surface area (Å²) < 4.78 is 26.1. The van der Waals surface area contributed by atoms with E-state index in [1.165, 1.54) is 54.6 Å². The second-order valence-corrected chi connectivity index (χ2v) is 11.8. The number of aliphatic hydroxyl groups excluding tert-OH is 1. The van der Waals surface area contributed by atoms with Crippen LogP contribution in [0, 0.1) is 0 Å². The molecule has 1 aliphatic heterocycles. The maximum atomic E-state index is 13.3. The Hall–Kier alpha value is -4.19. The average molecular weight is 569 g/mol. The van der Waals surface area contributed by atoms with Crippen molar-refractivity contribution in [3.8, 4) is 11.5 Å². The number of aromatic nitrogens is 1. The molecule has 1 amide bonds. The van der Waals surface area contributed by atoms with E-state index in [-0.39, 0.29) is 47.5 Å². The zero-order valence-corrected chi connectivity index (χ0v) is 21.5. The molecule has 38 heavy (non-hydrogen) atoms. The number of phenols is 2. The minimum Gasteiger partial charge on any atom is -0.508 e. The summed E-state index contributed by atoms with van der Waals surface area (Å²) in [6.07, 6.45) is 1.10. The number of carbonyl (C=O) groups is 2. The number of phenolic OH excluding ortho intramolecular Hbond substituents is 2. The highest BCUT2D eigenvalue weighted by Crippen LogP contribution is 2.45. The van der Waals surface area contributed by atoms with Crippen molar-refractivity contribution in [2.75, 3.05) is 4.90 Å². The predicted molar refractivity (Wildman–Crippen MR) is 140 cm³/mol. The molecule has 0 spiro atoms. The second-order valence-electron chi connectivity index (χ2n) is 8.21. The number of nitrogens with zero attached hydrogens (tertiary/aromatic N) is 2. The molecular weight excluding hydrogens is 552 g/mol. The molecule has 0 radical (unpaired) electrons. The normalized spacial score (nSPS) is 17.2. The summed E-state index contributed by atoms with van der Waals surface area (Å²) in [7, 11) is -3.96. The Bertz CT molecular complexity index is 1720. The van der Waals surface area contributed by atoms with Crippen molar-refractivity contribution in [1.82, 2.24) is 4.98 Å². The summed E-state index contributed by atoms with van der Waals surface area (Å²) in [6.45, 7) is 0. The molecule has 5 rings (SSSR count). The third-order valence-corrected chi connectivity index (χ3v) is 9.40. The van der Waals surface area contributed by atoms with E-state index in [0.29, 0.717) is 11.3 Å². The summed E-state index contributed by atoms with van der Waals surface area (Å²) in [6, 6.07) is 15.8. The smallest absolute Gasteiger partial charge is 0.301 e. The van der Waals surface area contributed by atoms with Gasteiger partial charge >= 0.3 is 5.91 Å². The topological polar surface area (TPSA) is 145 Å². The maximum absolute atomic E-state index is 13.3. The van der Waals surface area contributed by atoms with Gasteiger partial charge in [-0.3, -0.25) is 14.5 Å². The van der Waals surface area contributed by atoms with Gasteiger partial charge in [-0.25, -0.2) is 13.4 Å². The third-order valence-electron chi connectivity index (χ3n) is 5.87. The fourth-order valence-electron chi connectivity index (χ4n) is 4.02. The van der Waals surface area contributed by atoms with Crippen LogP contribution in [0.15, 0.2) is 93.7 Å². The van der Waals surface area contributed by atoms with Crippen LogP contribution in [0.3, 0.4) is 0 Å². The predicted octanol–water partition coefficient (Wildman–Crippen LogP) is 4.67. The summed E-state index contributed by atoms with van der Waals surface area (Å²) in [5, 5.41) is 30.5. The van der Waals surface area contributed by atoms with Gasteiger partial charge in [0.1, 0.15) is 21.5 Å². The van der Waals surface area contributed by atoms with E-state index in [1.807, 2.05) is 0 Å². The van der Waals surface area contributed by atoms with Crippen molar-refractivity contribution in [3.05, 3.63) is 101 Å². The number of hydrogen-bond donors (Lipinski definition) is 3. The lowest BCUT2D eigenvalue weighted by atomic mass is 9.95. The van der Waals surface area contributed by atoms with Gasteiger partial charge in [0.05, 0.1) is 27.7 Å². The van der Waals surface area contributed by atoms with E-state index in [9.17, 15) is 33.3 Å². The van der Waals surface area contributed by atoms with Crippen LogP contribution >= 0.6 is 22.9 Å². The number of aromatic hydroxyl groups is 2. The van der Waals surface area contributed by atoms with Crippen molar-refractivity contribution < 1.29 is 33.3 Å². The average Bonchev–Trinajstić information content (AvgIpc) is 3.50. The van der Waals surface area contributed by atoms with Crippen LogP contribution in [0.25, 0.3) is 5.76 Å². The number of Topliss-reactive ketones (excluding diaryl/α,β-unsaturated/α-hetero) is 1. The number of thiazole rings is 1. The van der Waals surface area contributed by atoms with Crippen LogP contribution in [0.4, 0.5) is 5.13 Å². The van der Waals surface area contributed by atoms with Crippen LogP contribution in [-0.4, -0.2) is 40.4 Å². The SMILES string of the molecule is O=C1C(=O)N(c2ncc(S(=O)(=O)c3ccccc3)s2)C(c2ccc(O)c(Cl)c2)/C1=C(/O)c1ccc(O)cc1. The summed E-state index contributed by atoms with van der Waals surface area (Å²) in [4.78, 5) is 31.7. The van der Waals surface area contributed by atoms with E-state index >= 15 is 0 Å². The fraction of sp³-hybridized carbons (Fsp3) is 0.0385. The molecule has 1 saturated heterocycles. The molecule has 2 heterocycles. The van der Waals surface area contributed by atoms with Gasteiger partial charge in [0.2, 0.25) is 9.84 Å². The number of carbonyl (C=O) groups excluding carboxylic acids is 2. The molecule has 192 valence electrons. The van der Waals surface area contributed by atoms with Gasteiger partial charge in [0.25, 0.3) is 5.78 Å². The number of hydrogen-bond acceptors (Lipinski definition) is 9. The van der Waals surface area contributed by atoms with Crippen LogP contribution in [0.2, 0.25) is 5.02 Å². The first-order chi connectivity index (χ1) is 18.1. The number of benzene rings is 3. The molecule has 1 fully saturated rings. The van der Waals surface area contributed by atoms with Gasteiger partial charge in [0, 0.05) is 5.56 Å². The third kappa shape index (κ3) is 4.30. The molecule has 1 aromatic heterocycles. The van der Waals surface area contributed by atoms with Crippen LogP contribution in [0.5, 0.6) is 11.5 Å². The molecule has 0 saturated carbocycles. The number of anilines is 1. The molecule has 0 bridgehead atoms. The first-order valence-corrected chi connectivity index (χ1v) is 13.6. The summed E-state index contributed by atoms with van der Waals surface area (Å²) in [5.41, 5.74) is 0.113. The van der Waals surface area contributed by atoms with Gasteiger partial charge < -0.3 is 15.3 Å². The summed E-state index contributed by atoms with van der Waals surface area (Å²) >= 11 is 6.80. The van der Waals surface area contributed by atoms with Crippen molar-refractivity contribution in [2.24, 2.45) is 0 Å². The Morgan fingerprint density at radius 1 is 0.974 bits per heavy atom. The highest BCUT2D eigenvalue weighted by molar-refractivity contribution is 7.93. The van der Waals surface area contributed by atoms with Gasteiger partial charge in [-0.15, -0.1) is 0 Å². The molecule has 12 heteroatoms. The van der Waals surface area contributed by atoms with Crippen molar-refractivity contribution in [1.29, 1.82) is 0 Å². The Balaban J connectivity index is 1.68. The first-order valence-electron chi connectivity index (χ1n) is 10.9. The second kappa shape index (κ2) is 9.60. The van der Waals surface area contributed by atoms with Crippen LogP contribution in [0.1, 0.15) is 17.2 Å². The van der Waals surface area contributed by atoms with Crippen molar-refractivity contribution in [3.63, 3.8) is 0 Å². The minimum absolute atomic E-state index is 0.0338. The monoisotopic (exact) mass is 568 g/mol. The highest BCUT2D eigenvalue weighted by atomic mass is 35.5. The molecule has 4 aromatic rings. The number of ketones is 1. The molecule has 3 N–H and O–H groups in total. The van der Waals surface area contributed by atoms with Gasteiger partial charge in [-0.2, -0.15) is 0 Å². The van der Waals surface area contributed by atoms with E-state index in [4.69, 9.17) is 11.6 Å². The molecular formula is C26H17ClN2O7S2. The van der Waals surface area contributed by atoms with E-state index < -0.39 is 33.3 Å². The van der Waals surface area contributed by atoms with Crippen molar-refractivity contribution >= 4 is 55.4 Å². The zero-order valence-electron chi connectivity index (χ0n) is 19.1. The highest BCUT2D eigenvalue weighted by Gasteiger charge is 2.48. The molecule has 1 unspecified atom stereocenters. The standard InChI is InChI=1S/C26H17ClN2O7S2/c27-18-12-15(8-11-19(18)31)22-21(23(32)14-6-9-16(30)10-7-14)24(33)25(34)29(22)26-28-13-20(37-26)38(35,36)17-4-2-1-3-5-17/h1-13,22,30-32H/b23-21-. The zero-order chi connectivity index (χ0) is 27.2. The molecule has 1 aliphatic rings. The Kier molecular flexibility index (Phi) is 6.43. The van der Waals surface area contributed by atoms with Gasteiger partial charge in [0.15, 0.2) is 5.13 Å². The quantitative estimate of drug-likeness (QED) is 0.179. The largest absolute Gasteiger partial charge is 0.508 e. The maximum Gasteiger partial charge on any atom is 0.301 e. The lowest BCUT2D eigenvalue weighted by Gasteiger charge is -2.23. The Morgan fingerprint density at radius 2 is 1.66 bits per heavy atom. The van der Waals surface area contributed by atoms with Crippen LogP contribution < -0.4 is 4.90 Å². The number of amides is 1. The lowest BCUT2D eigenvalue weighted by Crippen LogP contribution is -2.29. The Labute approximate surface area is 225 Å². The first kappa shape index (κ1) is 25.5. The number of aliphatic hydroxyl groups is 1. The minimum atomic E-state index is -3.96. The Morgan fingerprint density at radius 3 is 2.32 bits per heavy atom. The molecule has 1 atom stereocenters. The molecule has 9 nitrogen and oxygen atoms in total. The van der Waals surface area contributed by atoms with Crippen LogP contribution in [-0.2, 0) is 19.4 Å². The molecule has 0 aliphatic carbocycles. The van der Waals surface area contributed by atoms with E-state index in [2.05, 4.69) is 4.98 Å². The lowest BCUT2D eigenvalue weighted by molar-refractivity contribution is -0.132. The van der Waals surface area contributed by atoms with Crippen molar-refractivity contribution in [2.45, 2.75) is 15.1 Å². The van der Waals surface area contributed by atoms with Gasteiger partial charge in [-0.05, 0) is 54.1 Å². The number of sulfone groups is 1. The van der Waals surface area contributed by atoms with E-state index in [1.54, 1.807) is 18.2 Å². The number of halogens is 1. The summed E-state index contributed by atoms with van der Waals surface area (Å²) in [5.74, 6) is -2.91. The molecule has 3 aromatic carbocycles. The number of rotatable bonds is 5.